The number of hydrogen-bond donors (Lipinski definition) is 0. The van der Waals surface area contributed by atoms with Crippen molar-refractivity contribution in [3.8, 4) is 0 Å². The van der Waals surface area contributed by atoms with Gasteiger partial charge in [-0.25, -0.2) is 4.98 Å². The van der Waals surface area contributed by atoms with Crippen molar-refractivity contribution in [3.63, 3.8) is 0 Å². The lowest BCUT2D eigenvalue weighted by atomic mass is 10.0. The number of nitrogens with zero attached hydrogens (tertiary/aromatic N) is 1. The van der Waals surface area contributed by atoms with Crippen LogP contribution in [-0.2, 0) is 0 Å². The second kappa shape index (κ2) is 4.74. The van der Waals surface area contributed by atoms with Gasteiger partial charge in [-0.3, -0.25) is 4.79 Å². The Morgan fingerprint density at radius 3 is 2.50 bits per heavy atom. The Balaban J connectivity index is 2.39. The van der Waals surface area contributed by atoms with E-state index in [4.69, 9.17) is 0 Å². The zero-order chi connectivity index (χ0) is 11.5. The number of carbonyl (C=O) groups excluding carboxylic acids is 1. The predicted molar refractivity (Wildman–Crippen MR) is 71.6 cm³/mol. The molecule has 16 heavy (non-hydrogen) atoms. The zero-order valence-electron chi connectivity index (χ0n) is 8.77. The number of aromatic nitrogens is 1. The summed E-state index contributed by atoms with van der Waals surface area (Å²) in [4.78, 5) is 16.3. The van der Waals surface area contributed by atoms with E-state index in [1.807, 2.05) is 43.3 Å². The van der Waals surface area contributed by atoms with Crippen LogP contribution in [-0.4, -0.2) is 10.8 Å². The van der Waals surface area contributed by atoms with Crippen molar-refractivity contribution in [1.82, 2.24) is 4.98 Å². The van der Waals surface area contributed by atoms with Crippen LogP contribution in [0.15, 0.2) is 42.6 Å². The van der Waals surface area contributed by atoms with E-state index in [9.17, 15) is 4.79 Å². The standard InChI is InChI=1S/C13H10INO/c1-9-7-11(8-15-13(9)14)12(16)10-5-3-2-4-6-10/h2-8H,1H3. The fourth-order valence-corrected chi connectivity index (χ4v) is 1.73. The van der Waals surface area contributed by atoms with Gasteiger partial charge in [0.25, 0.3) is 0 Å². The molecule has 0 N–H and O–H groups in total. The molecule has 0 amide bonds. The minimum absolute atomic E-state index is 0.0209. The normalized spacial score (nSPS) is 10.1. The first-order chi connectivity index (χ1) is 7.68. The fraction of sp³-hybridized carbons (Fsp3) is 0.0769. The van der Waals surface area contributed by atoms with Crippen LogP contribution in [0.3, 0.4) is 0 Å². The van der Waals surface area contributed by atoms with Gasteiger partial charge in [0.05, 0.1) is 0 Å². The van der Waals surface area contributed by atoms with E-state index in [0.717, 1.165) is 9.26 Å². The lowest BCUT2D eigenvalue weighted by Gasteiger charge is -2.02. The van der Waals surface area contributed by atoms with Crippen molar-refractivity contribution < 1.29 is 4.79 Å². The van der Waals surface area contributed by atoms with Crippen LogP contribution < -0.4 is 0 Å². The SMILES string of the molecule is Cc1cc(C(=O)c2ccccc2)cnc1I. The maximum absolute atomic E-state index is 12.1. The van der Waals surface area contributed by atoms with Crippen molar-refractivity contribution in [1.29, 1.82) is 0 Å². The summed E-state index contributed by atoms with van der Waals surface area (Å²) in [5.41, 5.74) is 2.37. The molecule has 2 rings (SSSR count). The van der Waals surface area contributed by atoms with Crippen LogP contribution in [0.2, 0.25) is 0 Å². The summed E-state index contributed by atoms with van der Waals surface area (Å²) in [6.07, 6.45) is 1.63. The van der Waals surface area contributed by atoms with Gasteiger partial charge in [-0.1, -0.05) is 30.3 Å². The van der Waals surface area contributed by atoms with E-state index in [2.05, 4.69) is 27.6 Å². The quantitative estimate of drug-likeness (QED) is 0.482. The first kappa shape index (κ1) is 11.3. The van der Waals surface area contributed by atoms with E-state index >= 15 is 0 Å². The van der Waals surface area contributed by atoms with Gasteiger partial charge in [0.1, 0.15) is 3.70 Å². The largest absolute Gasteiger partial charge is 0.289 e. The molecule has 0 unspecified atom stereocenters. The fourth-order valence-electron chi connectivity index (χ4n) is 1.44. The highest BCUT2D eigenvalue weighted by Crippen LogP contribution is 2.13. The molecule has 0 aliphatic heterocycles. The molecule has 0 bridgehead atoms. The van der Waals surface area contributed by atoms with Gasteiger partial charge in [-0.2, -0.15) is 0 Å². The van der Waals surface area contributed by atoms with E-state index < -0.39 is 0 Å². The molecule has 80 valence electrons. The second-order valence-corrected chi connectivity index (χ2v) is 4.55. The molecule has 2 nitrogen and oxygen atoms in total. The number of aryl methyl sites for hydroxylation is 1. The Bertz CT molecular complexity index is 523. The molecule has 1 heterocycles. The van der Waals surface area contributed by atoms with Crippen LogP contribution in [0.25, 0.3) is 0 Å². The third kappa shape index (κ3) is 2.29. The number of halogens is 1. The summed E-state index contributed by atoms with van der Waals surface area (Å²) in [5, 5.41) is 0. The van der Waals surface area contributed by atoms with E-state index in [1.165, 1.54) is 0 Å². The average molecular weight is 323 g/mol. The van der Waals surface area contributed by atoms with Gasteiger partial charge in [0.15, 0.2) is 5.78 Å². The molecule has 0 spiro atoms. The van der Waals surface area contributed by atoms with E-state index in [-0.39, 0.29) is 5.78 Å². The van der Waals surface area contributed by atoms with E-state index in [0.29, 0.717) is 11.1 Å². The first-order valence-corrected chi connectivity index (χ1v) is 5.98. The second-order valence-electron chi connectivity index (χ2n) is 3.53. The van der Waals surface area contributed by atoms with Crippen LogP contribution in [0, 0.1) is 10.6 Å². The molecule has 1 aromatic heterocycles. The van der Waals surface area contributed by atoms with Crippen LogP contribution >= 0.6 is 22.6 Å². The molecule has 0 radical (unpaired) electrons. The first-order valence-electron chi connectivity index (χ1n) is 4.90. The molecule has 0 atom stereocenters. The third-order valence-electron chi connectivity index (χ3n) is 2.31. The number of pyridine rings is 1. The number of rotatable bonds is 2. The van der Waals surface area contributed by atoms with Gasteiger partial charge in [-0.15, -0.1) is 0 Å². The Kier molecular flexibility index (Phi) is 3.33. The highest BCUT2D eigenvalue weighted by atomic mass is 127. The molecule has 0 aliphatic rings. The lowest BCUT2D eigenvalue weighted by Crippen LogP contribution is -2.03. The molecule has 2 aromatic rings. The van der Waals surface area contributed by atoms with Gasteiger partial charge < -0.3 is 0 Å². The summed E-state index contributed by atoms with van der Waals surface area (Å²) >= 11 is 2.16. The lowest BCUT2D eigenvalue weighted by molar-refractivity contribution is 0.103. The molecule has 0 saturated heterocycles. The van der Waals surface area contributed by atoms with Crippen molar-refractivity contribution in [2.45, 2.75) is 6.92 Å². The number of hydrogen-bond acceptors (Lipinski definition) is 2. The molecule has 0 saturated carbocycles. The smallest absolute Gasteiger partial charge is 0.194 e. The Morgan fingerprint density at radius 2 is 1.88 bits per heavy atom. The highest BCUT2D eigenvalue weighted by molar-refractivity contribution is 14.1. The molecule has 0 fully saturated rings. The van der Waals surface area contributed by atoms with Crippen molar-refractivity contribution in [3.05, 3.63) is 63.0 Å². The Hall–Kier alpha value is -1.23. The number of benzene rings is 1. The number of ketones is 1. The van der Waals surface area contributed by atoms with E-state index in [1.54, 1.807) is 6.20 Å². The van der Waals surface area contributed by atoms with Crippen molar-refractivity contribution in [2.75, 3.05) is 0 Å². The average Bonchev–Trinajstić information content (AvgIpc) is 2.33. The Labute approximate surface area is 108 Å². The monoisotopic (exact) mass is 323 g/mol. The Morgan fingerprint density at radius 1 is 1.19 bits per heavy atom. The number of carbonyl (C=O) groups is 1. The van der Waals surface area contributed by atoms with Gasteiger partial charge in [0, 0.05) is 17.3 Å². The topological polar surface area (TPSA) is 30.0 Å². The molecule has 0 aliphatic carbocycles. The molecular weight excluding hydrogens is 313 g/mol. The minimum atomic E-state index is 0.0209. The minimum Gasteiger partial charge on any atom is -0.289 e. The maximum atomic E-state index is 12.1. The summed E-state index contributed by atoms with van der Waals surface area (Å²) in [7, 11) is 0. The molecule has 1 aromatic carbocycles. The zero-order valence-corrected chi connectivity index (χ0v) is 10.9. The van der Waals surface area contributed by atoms with Gasteiger partial charge in [0.2, 0.25) is 0 Å². The van der Waals surface area contributed by atoms with Crippen molar-refractivity contribution in [2.24, 2.45) is 0 Å². The summed E-state index contributed by atoms with van der Waals surface area (Å²) in [6, 6.07) is 11.1. The van der Waals surface area contributed by atoms with Crippen LogP contribution in [0.1, 0.15) is 21.5 Å². The third-order valence-corrected chi connectivity index (χ3v) is 3.44. The van der Waals surface area contributed by atoms with Crippen molar-refractivity contribution >= 4 is 28.4 Å². The van der Waals surface area contributed by atoms with Gasteiger partial charge in [-0.05, 0) is 41.1 Å². The summed E-state index contributed by atoms with van der Waals surface area (Å²) in [6.45, 7) is 1.95. The van der Waals surface area contributed by atoms with Crippen LogP contribution in [0.4, 0.5) is 0 Å². The van der Waals surface area contributed by atoms with Gasteiger partial charge >= 0.3 is 0 Å². The molecule has 3 heteroatoms. The predicted octanol–water partition coefficient (Wildman–Crippen LogP) is 3.23. The summed E-state index contributed by atoms with van der Waals surface area (Å²) < 4.78 is 0.933. The summed E-state index contributed by atoms with van der Waals surface area (Å²) in [5.74, 6) is 0.0209. The molecular formula is C13H10INO. The maximum Gasteiger partial charge on any atom is 0.194 e. The van der Waals surface area contributed by atoms with Crippen LogP contribution in [0.5, 0.6) is 0 Å². The highest BCUT2D eigenvalue weighted by Gasteiger charge is 2.09.